The van der Waals surface area contributed by atoms with Crippen molar-refractivity contribution in [3.8, 4) is 0 Å². The van der Waals surface area contributed by atoms with Crippen molar-refractivity contribution in [3.05, 3.63) is 0 Å². The minimum atomic E-state index is -4.19. The summed E-state index contributed by atoms with van der Waals surface area (Å²) in [4.78, 5) is 11.6. The highest BCUT2D eigenvalue weighted by molar-refractivity contribution is 7.86. The Morgan fingerprint density at radius 1 is 1.18 bits per heavy atom. The van der Waals surface area contributed by atoms with Crippen LogP contribution in [0.4, 0.5) is 4.79 Å². The third-order valence-electron chi connectivity index (χ3n) is 2.21. The van der Waals surface area contributed by atoms with Gasteiger partial charge in [-0.15, -0.1) is 0 Å². The second kappa shape index (κ2) is 8.09. The highest BCUT2D eigenvalue weighted by Gasteiger charge is 2.21. The minimum absolute atomic E-state index is 0.0435. The number of carbonyl (C=O) groups excluding carboxylic acids is 1. The van der Waals surface area contributed by atoms with Crippen LogP contribution < -0.4 is 5.32 Å². The van der Waals surface area contributed by atoms with Crippen molar-refractivity contribution < 1.29 is 35.1 Å². The van der Waals surface area contributed by atoms with Crippen molar-refractivity contribution in [1.82, 2.24) is 5.32 Å². The molecule has 1 atom stereocenters. The molecule has 0 heterocycles. The lowest BCUT2D eigenvalue weighted by atomic mass is 10.1. The molecule has 0 spiro atoms. The maximum Gasteiger partial charge on any atom is 0.407 e. The van der Waals surface area contributed by atoms with Crippen LogP contribution in [0, 0.1) is 0 Å². The van der Waals surface area contributed by atoms with Gasteiger partial charge < -0.3 is 10.1 Å². The number of alkyl carbamates (subject to hydrolysis) is 1. The van der Waals surface area contributed by atoms with E-state index in [4.69, 9.17) is 9.29 Å². The summed E-state index contributed by atoms with van der Waals surface area (Å²) in [6.07, 6.45) is 0.0429. The summed E-state index contributed by atoms with van der Waals surface area (Å²) < 4.78 is 61.6. The molecule has 2 N–H and O–H groups in total. The first-order chi connectivity index (χ1) is 9.68. The normalized spacial score (nSPS) is 14.4. The van der Waals surface area contributed by atoms with Crippen LogP contribution in [-0.2, 0) is 29.2 Å². The lowest BCUT2D eigenvalue weighted by Gasteiger charge is -2.23. The monoisotopic (exact) mass is 361 g/mol. The molecule has 0 aromatic heterocycles. The number of amides is 1. The van der Waals surface area contributed by atoms with E-state index in [1.165, 1.54) is 0 Å². The maximum atomic E-state index is 11.6. The fraction of sp³-hybridized carbons (Fsp3) is 0.909. The molecular formula is C11H23NO8S2. The predicted molar refractivity (Wildman–Crippen MR) is 79.6 cm³/mol. The zero-order valence-electron chi connectivity index (χ0n) is 13.0. The van der Waals surface area contributed by atoms with E-state index in [-0.39, 0.29) is 19.4 Å². The zero-order valence-corrected chi connectivity index (χ0v) is 14.7. The van der Waals surface area contributed by atoms with E-state index in [9.17, 15) is 21.6 Å². The second-order valence-corrected chi connectivity index (χ2v) is 8.95. The minimum Gasteiger partial charge on any atom is -0.444 e. The van der Waals surface area contributed by atoms with Crippen molar-refractivity contribution in [2.24, 2.45) is 0 Å². The summed E-state index contributed by atoms with van der Waals surface area (Å²) in [6, 6.07) is -0.724. The summed E-state index contributed by atoms with van der Waals surface area (Å²) in [6.45, 7) is 4.75. The van der Waals surface area contributed by atoms with E-state index in [0.29, 0.717) is 0 Å². The summed E-state index contributed by atoms with van der Waals surface area (Å²) in [5, 5.41) is 2.42. The average molecular weight is 361 g/mol. The summed E-state index contributed by atoms with van der Waals surface area (Å²) >= 11 is 0. The van der Waals surface area contributed by atoms with Gasteiger partial charge in [0.05, 0.1) is 18.6 Å². The SMILES string of the molecule is CC(C)(C)OC(=O)N[C@H](CCOS(C)(=O)=O)CCS(=O)(=O)O. The van der Waals surface area contributed by atoms with Gasteiger partial charge in [-0.1, -0.05) is 0 Å². The number of ether oxygens (including phenoxy) is 1. The van der Waals surface area contributed by atoms with Crippen LogP contribution in [-0.4, -0.2) is 57.7 Å². The molecule has 0 aliphatic carbocycles. The molecule has 0 saturated carbocycles. The van der Waals surface area contributed by atoms with Crippen LogP contribution in [0.3, 0.4) is 0 Å². The van der Waals surface area contributed by atoms with Crippen LogP contribution in [0.1, 0.15) is 33.6 Å². The van der Waals surface area contributed by atoms with E-state index >= 15 is 0 Å². The van der Waals surface area contributed by atoms with Gasteiger partial charge in [-0.05, 0) is 33.6 Å². The highest BCUT2D eigenvalue weighted by atomic mass is 32.2. The second-order valence-electron chi connectivity index (χ2n) is 5.73. The lowest BCUT2D eigenvalue weighted by molar-refractivity contribution is 0.0497. The molecule has 0 rings (SSSR count). The Morgan fingerprint density at radius 3 is 2.14 bits per heavy atom. The molecule has 0 unspecified atom stereocenters. The number of hydrogen-bond donors (Lipinski definition) is 2. The van der Waals surface area contributed by atoms with Crippen molar-refractivity contribution in [2.45, 2.75) is 45.3 Å². The Balaban J connectivity index is 4.61. The molecule has 0 aromatic rings. The molecule has 0 radical (unpaired) electrons. The van der Waals surface area contributed by atoms with Gasteiger partial charge >= 0.3 is 6.09 Å². The molecule has 9 nitrogen and oxygen atoms in total. The fourth-order valence-electron chi connectivity index (χ4n) is 1.40. The molecule has 0 saturated heterocycles. The third kappa shape index (κ3) is 14.0. The van der Waals surface area contributed by atoms with Gasteiger partial charge in [-0.25, -0.2) is 4.79 Å². The molecular weight excluding hydrogens is 338 g/mol. The molecule has 0 aromatic carbocycles. The average Bonchev–Trinajstić information content (AvgIpc) is 2.19. The Hall–Kier alpha value is -0.910. The van der Waals surface area contributed by atoms with E-state index in [1.54, 1.807) is 20.8 Å². The molecule has 0 aliphatic heterocycles. The Kier molecular flexibility index (Phi) is 7.75. The predicted octanol–water partition coefficient (Wildman–Crippen LogP) is 0.524. The fourth-order valence-corrected chi connectivity index (χ4v) is 2.38. The van der Waals surface area contributed by atoms with Crippen molar-refractivity contribution in [2.75, 3.05) is 18.6 Å². The molecule has 0 fully saturated rings. The molecule has 11 heteroatoms. The van der Waals surface area contributed by atoms with Crippen LogP contribution in [0.15, 0.2) is 0 Å². The number of nitrogens with one attached hydrogen (secondary N) is 1. The number of carbonyl (C=O) groups is 1. The molecule has 0 aliphatic rings. The van der Waals surface area contributed by atoms with Crippen LogP contribution in [0.2, 0.25) is 0 Å². The molecule has 132 valence electrons. The van der Waals surface area contributed by atoms with Gasteiger partial charge in [0.2, 0.25) is 0 Å². The van der Waals surface area contributed by atoms with Gasteiger partial charge in [0.15, 0.2) is 0 Å². The van der Waals surface area contributed by atoms with Gasteiger partial charge in [-0.3, -0.25) is 8.74 Å². The van der Waals surface area contributed by atoms with E-state index < -0.39 is 43.7 Å². The summed E-state index contributed by atoms with van der Waals surface area (Å²) in [7, 11) is -7.83. The van der Waals surface area contributed by atoms with Crippen molar-refractivity contribution >= 4 is 26.3 Å². The van der Waals surface area contributed by atoms with Crippen LogP contribution in [0.5, 0.6) is 0 Å². The number of rotatable bonds is 8. The first-order valence-electron chi connectivity index (χ1n) is 6.47. The highest BCUT2D eigenvalue weighted by Crippen LogP contribution is 2.09. The molecule has 1 amide bonds. The first kappa shape index (κ1) is 21.1. The van der Waals surface area contributed by atoms with E-state index in [0.717, 1.165) is 6.26 Å². The topological polar surface area (TPSA) is 136 Å². The van der Waals surface area contributed by atoms with Crippen LogP contribution in [0.25, 0.3) is 0 Å². The molecule has 22 heavy (non-hydrogen) atoms. The molecule has 0 bridgehead atoms. The maximum absolute atomic E-state index is 11.6. The smallest absolute Gasteiger partial charge is 0.407 e. The Labute approximate surface area is 131 Å². The zero-order chi connectivity index (χ0) is 17.6. The van der Waals surface area contributed by atoms with Crippen molar-refractivity contribution in [1.29, 1.82) is 0 Å². The summed E-state index contributed by atoms with van der Waals surface area (Å²) in [5.41, 5.74) is -0.735. The van der Waals surface area contributed by atoms with Crippen LogP contribution >= 0.6 is 0 Å². The van der Waals surface area contributed by atoms with E-state index in [1.807, 2.05) is 0 Å². The van der Waals surface area contributed by atoms with Gasteiger partial charge in [0.25, 0.3) is 20.2 Å². The van der Waals surface area contributed by atoms with Gasteiger partial charge in [-0.2, -0.15) is 16.8 Å². The van der Waals surface area contributed by atoms with Crippen molar-refractivity contribution in [3.63, 3.8) is 0 Å². The Morgan fingerprint density at radius 2 is 1.73 bits per heavy atom. The third-order valence-corrected chi connectivity index (χ3v) is 3.56. The lowest BCUT2D eigenvalue weighted by Crippen LogP contribution is -2.40. The van der Waals surface area contributed by atoms with Gasteiger partial charge in [0.1, 0.15) is 5.60 Å². The number of hydrogen-bond acceptors (Lipinski definition) is 7. The summed E-state index contributed by atoms with van der Waals surface area (Å²) in [5.74, 6) is -0.577. The first-order valence-corrected chi connectivity index (χ1v) is 9.89. The Bertz CT molecular complexity index is 561. The quantitative estimate of drug-likeness (QED) is 0.472. The largest absolute Gasteiger partial charge is 0.444 e. The van der Waals surface area contributed by atoms with E-state index in [2.05, 4.69) is 9.50 Å². The van der Waals surface area contributed by atoms with Gasteiger partial charge in [0, 0.05) is 6.04 Å². The standard InChI is InChI=1S/C11H23NO8S2/c1-11(2,3)20-10(13)12-9(6-8-22(16,17)18)5-7-19-21(4,14)15/h9H,5-8H2,1-4H3,(H,12,13)(H,16,17,18)/t9-/m1/s1.